The third-order valence-corrected chi connectivity index (χ3v) is 4.21. The second kappa shape index (κ2) is 8.00. The van der Waals surface area contributed by atoms with Crippen LogP contribution in [0.3, 0.4) is 0 Å². The highest BCUT2D eigenvalue weighted by Gasteiger charge is 2.21. The van der Waals surface area contributed by atoms with Gasteiger partial charge in [0.1, 0.15) is 0 Å². The van der Waals surface area contributed by atoms with Crippen molar-refractivity contribution in [1.29, 1.82) is 0 Å². The van der Waals surface area contributed by atoms with Gasteiger partial charge in [-0.25, -0.2) is 0 Å². The summed E-state index contributed by atoms with van der Waals surface area (Å²) in [5.74, 6) is -0.899. The van der Waals surface area contributed by atoms with E-state index in [1.165, 1.54) is 6.42 Å². The molecule has 2 rings (SSSR count). The molecule has 1 aliphatic heterocycles. The molecule has 1 heterocycles. The minimum atomic E-state index is -0.562. The van der Waals surface area contributed by atoms with Gasteiger partial charge in [-0.15, -0.1) is 0 Å². The topological polar surface area (TPSA) is 78.5 Å². The Morgan fingerprint density at radius 2 is 1.86 bits per heavy atom. The van der Waals surface area contributed by atoms with E-state index in [1.54, 1.807) is 0 Å². The number of hydrogen-bond acceptors (Lipinski definition) is 3. The minimum Gasteiger partial charge on any atom is -0.348 e. The van der Waals surface area contributed by atoms with Crippen LogP contribution >= 0.6 is 0 Å². The van der Waals surface area contributed by atoms with Crippen molar-refractivity contribution >= 4 is 17.7 Å². The van der Waals surface area contributed by atoms with Crippen molar-refractivity contribution in [3.63, 3.8) is 0 Å². The van der Waals surface area contributed by atoms with Gasteiger partial charge >= 0.3 is 11.8 Å². The number of rotatable bonds is 5. The zero-order valence-electron chi connectivity index (χ0n) is 12.5. The largest absolute Gasteiger partial charge is 0.348 e. The fourth-order valence-corrected chi connectivity index (χ4v) is 2.99. The summed E-state index contributed by atoms with van der Waals surface area (Å²) in [4.78, 5) is 36.6. The van der Waals surface area contributed by atoms with E-state index < -0.39 is 11.8 Å². The summed E-state index contributed by atoms with van der Waals surface area (Å²) in [5.41, 5.74) is 0. The normalized spacial score (nSPS) is 19.6. The molecule has 0 radical (unpaired) electrons. The van der Waals surface area contributed by atoms with Gasteiger partial charge < -0.3 is 15.5 Å². The molecule has 0 aromatic rings. The van der Waals surface area contributed by atoms with Crippen LogP contribution in [0.2, 0.25) is 0 Å². The van der Waals surface area contributed by atoms with Gasteiger partial charge in [-0.05, 0) is 25.7 Å². The first-order chi connectivity index (χ1) is 10.2. The molecule has 1 saturated carbocycles. The molecular weight excluding hydrogens is 270 g/mol. The Hall–Kier alpha value is -1.59. The lowest BCUT2D eigenvalue weighted by atomic mass is 9.95. The fourth-order valence-electron chi connectivity index (χ4n) is 2.99. The van der Waals surface area contributed by atoms with Gasteiger partial charge in [0.05, 0.1) is 0 Å². The predicted molar refractivity (Wildman–Crippen MR) is 78.5 cm³/mol. The molecule has 118 valence electrons. The van der Waals surface area contributed by atoms with E-state index in [9.17, 15) is 14.4 Å². The Morgan fingerprint density at radius 3 is 2.52 bits per heavy atom. The third kappa shape index (κ3) is 5.02. The number of carbonyl (C=O) groups is 3. The highest BCUT2D eigenvalue weighted by atomic mass is 16.2. The van der Waals surface area contributed by atoms with Crippen LogP contribution in [0, 0.1) is 0 Å². The maximum Gasteiger partial charge on any atom is 0.309 e. The van der Waals surface area contributed by atoms with Crippen LogP contribution in [0.5, 0.6) is 0 Å². The Balaban J connectivity index is 1.57. The number of carbonyl (C=O) groups excluding carboxylic acids is 3. The highest BCUT2D eigenvalue weighted by molar-refractivity contribution is 6.35. The second-order valence-electron chi connectivity index (χ2n) is 5.90. The van der Waals surface area contributed by atoms with Crippen LogP contribution in [-0.4, -0.2) is 48.3 Å². The Kier molecular flexibility index (Phi) is 6.02. The standard InChI is InChI=1S/C15H25N3O3/c19-13-8-4-10-18(13)11-5-9-16-14(20)15(21)17-12-6-2-1-3-7-12/h12H,1-11H2,(H,16,20)(H,17,21). The molecule has 0 spiro atoms. The second-order valence-corrected chi connectivity index (χ2v) is 5.90. The number of hydrogen-bond donors (Lipinski definition) is 2. The van der Waals surface area contributed by atoms with Crippen molar-refractivity contribution in [3.8, 4) is 0 Å². The van der Waals surface area contributed by atoms with Crippen molar-refractivity contribution in [1.82, 2.24) is 15.5 Å². The maximum atomic E-state index is 11.7. The number of amides is 3. The molecule has 1 aliphatic carbocycles. The summed E-state index contributed by atoms with van der Waals surface area (Å²) < 4.78 is 0. The molecule has 0 aromatic carbocycles. The lowest BCUT2D eigenvalue weighted by Gasteiger charge is -2.22. The molecular formula is C15H25N3O3. The quantitative estimate of drug-likeness (QED) is 0.575. The summed E-state index contributed by atoms with van der Waals surface area (Å²) in [7, 11) is 0. The van der Waals surface area contributed by atoms with Crippen molar-refractivity contribution in [2.24, 2.45) is 0 Å². The van der Waals surface area contributed by atoms with E-state index in [4.69, 9.17) is 0 Å². The molecule has 2 N–H and O–H groups in total. The zero-order valence-corrected chi connectivity index (χ0v) is 12.5. The minimum absolute atomic E-state index is 0.152. The lowest BCUT2D eigenvalue weighted by molar-refractivity contribution is -0.139. The first kappa shape index (κ1) is 15.8. The van der Waals surface area contributed by atoms with Crippen LogP contribution in [-0.2, 0) is 14.4 Å². The molecule has 2 aliphatic rings. The smallest absolute Gasteiger partial charge is 0.309 e. The number of likely N-dealkylation sites (tertiary alicyclic amines) is 1. The van der Waals surface area contributed by atoms with Gasteiger partial charge in [0.2, 0.25) is 5.91 Å². The first-order valence-electron chi connectivity index (χ1n) is 8.03. The third-order valence-electron chi connectivity index (χ3n) is 4.21. The molecule has 0 atom stereocenters. The maximum absolute atomic E-state index is 11.7. The number of nitrogens with one attached hydrogen (secondary N) is 2. The van der Waals surface area contributed by atoms with Gasteiger partial charge in [-0.3, -0.25) is 14.4 Å². The Labute approximate surface area is 125 Å². The molecule has 2 fully saturated rings. The van der Waals surface area contributed by atoms with Gasteiger partial charge in [0.25, 0.3) is 0 Å². The van der Waals surface area contributed by atoms with Gasteiger partial charge in [0, 0.05) is 32.1 Å². The van der Waals surface area contributed by atoms with Crippen LogP contribution in [0.15, 0.2) is 0 Å². The van der Waals surface area contributed by atoms with Crippen molar-refractivity contribution in [2.75, 3.05) is 19.6 Å². The Morgan fingerprint density at radius 1 is 1.10 bits per heavy atom. The van der Waals surface area contributed by atoms with Crippen LogP contribution in [0.1, 0.15) is 51.4 Å². The van der Waals surface area contributed by atoms with Crippen LogP contribution in [0.25, 0.3) is 0 Å². The van der Waals surface area contributed by atoms with E-state index in [-0.39, 0.29) is 11.9 Å². The summed E-state index contributed by atoms with van der Waals surface area (Å²) >= 11 is 0. The highest BCUT2D eigenvalue weighted by Crippen LogP contribution is 2.17. The summed E-state index contributed by atoms with van der Waals surface area (Å²) in [5, 5.41) is 5.41. The van der Waals surface area contributed by atoms with Crippen molar-refractivity contribution < 1.29 is 14.4 Å². The fraction of sp³-hybridized carbons (Fsp3) is 0.800. The number of nitrogens with zero attached hydrogens (tertiary/aromatic N) is 1. The van der Waals surface area contributed by atoms with E-state index >= 15 is 0 Å². The molecule has 0 unspecified atom stereocenters. The Bertz CT molecular complexity index is 392. The molecule has 0 bridgehead atoms. The summed E-state index contributed by atoms with van der Waals surface area (Å²) in [6.07, 6.45) is 7.64. The van der Waals surface area contributed by atoms with Crippen LogP contribution in [0.4, 0.5) is 0 Å². The zero-order chi connectivity index (χ0) is 15.1. The average Bonchev–Trinajstić information content (AvgIpc) is 2.90. The summed E-state index contributed by atoms with van der Waals surface area (Å²) in [6, 6.07) is 0.152. The predicted octanol–water partition coefficient (Wildman–Crippen LogP) is 0.564. The SMILES string of the molecule is O=C(NCCCN1CCCC1=O)C(=O)NC1CCCCC1. The molecule has 6 heteroatoms. The molecule has 3 amide bonds. The van der Waals surface area contributed by atoms with Gasteiger partial charge in [-0.2, -0.15) is 0 Å². The average molecular weight is 295 g/mol. The van der Waals surface area contributed by atoms with Crippen LogP contribution < -0.4 is 10.6 Å². The van der Waals surface area contributed by atoms with Crippen molar-refractivity contribution in [2.45, 2.75) is 57.4 Å². The molecule has 6 nitrogen and oxygen atoms in total. The monoisotopic (exact) mass is 295 g/mol. The van der Waals surface area contributed by atoms with Gasteiger partial charge in [-0.1, -0.05) is 19.3 Å². The van der Waals surface area contributed by atoms with Gasteiger partial charge in [0.15, 0.2) is 0 Å². The lowest BCUT2D eigenvalue weighted by Crippen LogP contribution is -2.45. The summed E-state index contributed by atoms with van der Waals surface area (Å²) in [6.45, 7) is 1.90. The van der Waals surface area contributed by atoms with E-state index in [0.29, 0.717) is 25.9 Å². The molecule has 0 aromatic heterocycles. The van der Waals surface area contributed by atoms with E-state index in [1.807, 2.05) is 4.90 Å². The van der Waals surface area contributed by atoms with Crippen molar-refractivity contribution in [3.05, 3.63) is 0 Å². The molecule has 1 saturated heterocycles. The van der Waals surface area contributed by atoms with E-state index in [2.05, 4.69) is 10.6 Å². The molecule has 21 heavy (non-hydrogen) atoms. The first-order valence-corrected chi connectivity index (χ1v) is 8.03. The van der Waals surface area contributed by atoms with E-state index in [0.717, 1.165) is 38.6 Å².